The SMILES string of the molecule is CCCNc1nc(Nc2cccc(F)c2)ncc1C#Cc1cc(NC(=O)[C@H](C)N(C)C(=O)/C=C/CN(C)C)ccc1F. The normalized spacial score (nSPS) is 11.5. The number of likely N-dealkylation sites (N-methyl/N-ethyl adjacent to an activating group) is 2. The Hall–Kier alpha value is -4.82. The fraction of sp³-hybridized carbons (Fsp3) is 0.290. The van der Waals surface area contributed by atoms with Gasteiger partial charge < -0.3 is 25.8 Å². The maximum atomic E-state index is 14.7. The summed E-state index contributed by atoms with van der Waals surface area (Å²) in [4.78, 5) is 37.2. The summed E-state index contributed by atoms with van der Waals surface area (Å²) in [5.74, 6) is 4.67. The standard InChI is InChI=1S/C31H35F2N7O2/c1-6-16-34-29-23(20-35-31(38-29)37-25-10-7-9-24(32)19-25)13-12-22-18-26(14-15-27(22)33)36-30(42)21(2)40(5)28(41)11-8-17-39(3)4/h7-11,14-15,18-21H,6,16-17H2,1-5H3,(H,36,42)(H2,34,35,37,38)/b11-8+/t21-/m0/s1. The van der Waals surface area contributed by atoms with Crippen LogP contribution >= 0.6 is 0 Å². The lowest BCUT2D eigenvalue weighted by Crippen LogP contribution is -2.42. The average molecular weight is 576 g/mol. The Labute approximate surface area is 245 Å². The van der Waals surface area contributed by atoms with Crippen molar-refractivity contribution in [3.8, 4) is 11.8 Å². The van der Waals surface area contributed by atoms with E-state index >= 15 is 0 Å². The van der Waals surface area contributed by atoms with Gasteiger partial charge in [0.2, 0.25) is 17.8 Å². The van der Waals surface area contributed by atoms with E-state index in [4.69, 9.17) is 0 Å². The van der Waals surface area contributed by atoms with Crippen LogP contribution in [0.15, 0.2) is 60.8 Å². The van der Waals surface area contributed by atoms with Crippen LogP contribution in [0.4, 0.5) is 31.9 Å². The minimum absolute atomic E-state index is 0.0555. The van der Waals surface area contributed by atoms with Crippen molar-refractivity contribution < 1.29 is 18.4 Å². The number of hydrogen-bond donors (Lipinski definition) is 3. The Kier molecular flexibility index (Phi) is 11.5. The Morgan fingerprint density at radius 2 is 1.81 bits per heavy atom. The number of hydrogen-bond acceptors (Lipinski definition) is 7. The summed E-state index contributed by atoms with van der Waals surface area (Å²) in [7, 11) is 5.31. The van der Waals surface area contributed by atoms with E-state index in [0.29, 0.717) is 35.8 Å². The second kappa shape index (κ2) is 15.3. The van der Waals surface area contributed by atoms with Gasteiger partial charge in [0, 0.05) is 37.6 Å². The number of anilines is 4. The summed E-state index contributed by atoms with van der Waals surface area (Å²) in [6.07, 6.45) is 5.46. The molecule has 220 valence electrons. The first kappa shape index (κ1) is 31.7. The zero-order chi connectivity index (χ0) is 30.6. The molecule has 1 atom stereocenters. The number of carbonyl (C=O) groups is 2. The van der Waals surface area contributed by atoms with Crippen LogP contribution in [0.5, 0.6) is 0 Å². The fourth-order valence-corrected chi connectivity index (χ4v) is 3.54. The van der Waals surface area contributed by atoms with E-state index in [1.54, 1.807) is 32.2 Å². The van der Waals surface area contributed by atoms with E-state index in [0.717, 1.165) is 6.42 Å². The van der Waals surface area contributed by atoms with Gasteiger partial charge in [0.25, 0.3) is 0 Å². The lowest BCUT2D eigenvalue weighted by atomic mass is 10.1. The van der Waals surface area contributed by atoms with Crippen molar-refractivity contribution in [3.05, 3.63) is 83.6 Å². The van der Waals surface area contributed by atoms with Crippen LogP contribution < -0.4 is 16.0 Å². The van der Waals surface area contributed by atoms with Crippen molar-refractivity contribution in [1.29, 1.82) is 0 Å². The minimum atomic E-state index is -0.773. The van der Waals surface area contributed by atoms with Gasteiger partial charge in [-0.3, -0.25) is 9.59 Å². The molecule has 1 aromatic heterocycles. The molecule has 0 fully saturated rings. The van der Waals surface area contributed by atoms with Gasteiger partial charge in [0.15, 0.2) is 0 Å². The molecule has 0 radical (unpaired) electrons. The van der Waals surface area contributed by atoms with E-state index in [1.807, 2.05) is 25.9 Å². The number of nitrogens with zero attached hydrogens (tertiary/aromatic N) is 4. The number of rotatable bonds is 11. The monoisotopic (exact) mass is 575 g/mol. The van der Waals surface area contributed by atoms with Crippen LogP contribution in [0.1, 0.15) is 31.4 Å². The smallest absolute Gasteiger partial charge is 0.246 e. The van der Waals surface area contributed by atoms with E-state index < -0.39 is 23.6 Å². The molecule has 9 nitrogen and oxygen atoms in total. The van der Waals surface area contributed by atoms with Gasteiger partial charge in [-0.1, -0.05) is 30.9 Å². The van der Waals surface area contributed by atoms with Gasteiger partial charge >= 0.3 is 0 Å². The number of aromatic nitrogens is 2. The van der Waals surface area contributed by atoms with Crippen molar-refractivity contribution in [2.24, 2.45) is 0 Å². The molecule has 0 unspecified atom stereocenters. The topological polar surface area (TPSA) is 102 Å². The molecule has 3 N–H and O–H groups in total. The third-order valence-electron chi connectivity index (χ3n) is 6.02. The molecule has 0 aliphatic carbocycles. The Bertz CT molecular complexity index is 1500. The molecule has 0 bridgehead atoms. The highest BCUT2D eigenvalue weighted by atomic mass is 19.1. The van der Waals surface area contributed by atoms with Gasteiger partial charge in [0.1, 0.15) is 23.5 Å². The predicted molar refractivity (Wildman–Crippen MR) is 161 cm³/mol. The fourth-order valence-electron chi connectivity index (χ4n) is 3.54. The number of halogens is 2. The molecule has 2 amide bonds. The molecule has 0 spiro atoms. The van der Waals surface area contributed by atoms with Crippen molar-refractivity contribution >= 4 is 35.0 Å². The Morgan fingerprint density at radius 1 is 1.05 bits per heavy atom. The first-order chi connectivity index (χ1) is 20.1. The van der Waals surface area contributed by atoms with Gasteiger partial charge in [-0.15, -0.1) is 0 Å². The summed E-state index contributed by atoms with van der Waals surface area (Å²) >= 11 is 0. The number of carbonyl (C=O) groups excluding carboxylic acids is 2. The second-order valence-corrected chi connectivity index (χ2v) is 9.74. The molecule has 1 heterocycles. The minimum Gasteiger partial charge on any atom is -0.369 e. The third kappa shape index (κ3) is 9.38. The van der Waals surface area contributed by atoms with Crippen molar-refractivity contribution in [2.75, 3.05) is 50.2 Å². The molecule has 11 heteroatoms. The van der Waals surface area contributed by atoms with E-state index in [9.17, 15) is 18.4 Å². The molecule has 0 saturated carbocycles. The first-order valence-corrected chi connectivity index (χ1v) is 13.4. The highest BCUT2D eigenvalue weighted by Crippen LogP contribution is 2.19. The van der Waals surface area contributed by atoms with Crippen LogP contribution in [0, 0.1) is 23.5 Å². The summed E-state index contributed by atoms with van der Waals surface area (Å²) in [5, 5.41) is 8.86. The van der Waals surface area contributed by atoms with Crippen LogP contribution in [0.3, 0.4) is 0 Å². The molecule has 0 aliphatic rings. The molecular weight excluding hydrogens is 540 g/mol. The molecule has 42 heavy (non-hydrogen) atoms. The third-order valence-corrected chi connectivity index (χ3v) is 6.02. The van der Waals surface area contributed by atoms with E-state index in [1.165, 1.54) is 47.5 Å². The highest BCUT2D eigenvalue weighted by molar-refractivity contribution is 5.98. The average Bonchev–Trinajstić information content (AvgIpc) is 2.95. The van der Waals surface area contributed by atoms with Gasteiger partial charge in [-0.05, 0) is 63.8 Å². The summed E-state index contributed by atoms with van der Waals surface area (Å²) in [6.45, 7) is 4.81. The number of nitrogens with one attached hydrogen (secondary N) is 3. The molecule has 0 aliphatic heterocycles. The molecule has 0 saturated heterocycles. The number of amides is 2. The largest absolute Gasteiger partial charge is 0.369 e. The Morgan fingerprint density at radius 3 is 2.52 bits per heavy atom. The summed E-state index contributed by atoms with van der Waals surface area (Å²) in [5.41, 5.74) is 1.30. The zero-order valence-corrected chi connectivity index (χ0v) is 24.3. The van der Waals surface area contributed by atoms with Gasteiger partial charge in [-0.2, -0.15) is 4.98 Å². The maximum absolute atomic E-state index is 14.7. The molecule has 3 aromatic rings. The van der Waals surface area contributed by atoms with Crippen molar-refractivity contribution in [1.82, 2.24) is 19.8 Å². The molecule has 2 aromatic carbocycles. The molecular formula is C31H35F2N7O2. The molecule has 3 rings (SSSR count). The van der Waals surface area contributed by atoms with Crippen molar-refractivity contribution in [2.45, 2.75) is 26.3 Å². The Balaban J connectivity index is 1.77. The van der Waals surface area contributed by atoms with E-state index in [-0.39, 0.29) is 17.4 Å². The van der Waals surface area contributed by atoms with Crippen LogP contribution in [0.25, 0.3) is 0 Å². The quantitative estimate of drug-likeness (QED) is 0.227. The summed E-state index contributed by atoms with van der Waals surface area (Å²) < 4.78 is 28.2. The zero-order valence-electron chi connectivity index (χ0n) is 24.3. The number of benzene rings is 2. The van der Waals surface area contributed by atoms with Crippen molar-refractivity contribution in [3.63, 3.8) is 0 Å². The predicted octanol–water partition coefficient (Wildman–Crippen LogP) is 4.62. The lowest BCUT2D eigenvalue weighted by molar-refractivity contribution is -0.132. The van der Waals surface area contributed by atoms with Crippen LogP contribution in [-0.4, -0.2) is 71.9 Å². The van der Waals surface area contributed by atoms with Crippen LogP contribution in [0.2, 0.25) is 0 Å². The second-order valence-electron chi connectivity index (χ2n) is 9.74. The van der Waals surface area contributed by atoms with Gasteiger partial charge in [0.05, 0.1) is 17.3 Å². The highest BCUT2D eigenvalue weighted by Gasteiger charge is 2.21. The first-order valence-electron chi connectivity index (χ1n) is 13.4. The maximum Gasteiger partial charge on any atom is 0.246 e. The van der Waals surface area contributed by atoms with Crippen LogP contribution in [-0.2, 0) is 9.59 Å². The van der Waals surface area contributed by atoms with Gasteiger partial charge in [-0.25, -0.2) is 13.8 Å². The lowest BCUT2D eigenvalue weighted by Gasteiger charge is -2.23. The summed E-state index contributed by atoms with van der Waals surface area (Å²) in [6, 6.07) is 9.21. The van der Waals surface area contributed by atoms with E-state index in [2.05, 4.69) is 37.8 Å².